The summed E-state index contributed by atoms with van der Waals surface area (Å²) in [6.07, 6.45) is 6.61. The van der Waals surface area contributed by atoms with E-state index in [2.05, 4.69) is 22.4 Å². The number of carbonyl (C=O) groups is 1. The van der Waals surface area contributed by atoms with Crippen LogP contribution in [-0.4, -0.2) is 47.3 Å². The Kier molecular flexibility index (Phi) is 5.25. The van der Waals surface area contributed by atoms with Gasteiger partial charge < -0.3 is 10.2 Å². The van der Waals surface area contributed by atoms with Crippen molar-refractivity contribution in [2.45, 2.75) is 19.3 Å². The maximum Gasteiger partial charge on any atom is 0.256 e. The zero-order valence-corrected chi connectivity index (χ0v) is 13.9. The number of nitrogens with zero attached hydrogens (tertiary/aromatic N) is 3. The van der Waals surface area contributed by atoms with Crippen LogP contribution in [0.4, 0.5) is 4.39 Å². The number of nitrogens with one attached hydrogen (secondary N) is 1. The van der Waals surface area contributed by atoms with Crippen LogP contribution in [0.25, 0.3) is 5.69 Å². The minimum atomic E-state index is -0.530. The Hall–Kier alpha value is -2.21. The fourth-order valence-corrected chi connectivity index (χ4v) is 3.33. The van der Waals surface area contributed by atoms with Crippen LogP contribution in [0.15, 0.2) is 36.7 Å². The summed E-state index contributed by atoms with van der Waals surface area (Å²) in [6.45, 7) is 2.77. The van der Waals surface area contributed by atoms with Crippen LogP contribution >= 0.6 is 0 Å². The molecule has 0 saturated carbocycles. The van der Waals surface area contributed by atoms with Crippen molar-refractivity contribution in [1.29, 1.82) is 0 Å². The minimum Gasteiger partial charge on any atom is -0.352 e. The lowest BCUT2D eigenvalue weighted by Crippen LogP contribution is -2.35. The summed E-state index contributed by atoms with van der Waals surface area (Å²) in [5.74, 6) is -0.323. The van der Waals surface area contributed by atoms with Crippen LogP contribution in [0.1, 0.15) is 29.6 Å². The van der Waals surface area contributed by atoms with E-state index in [9.17, 15) is 9.18 Å². The molecule has 0 bridgehead atoms. The smallest absolute Gasteiger partial charge is 0.256 e. The predicted molar refractivity (Wildman–Crippen MR) is 90.7 cm³/mol. The van der Waals surface area contributed by atoms with E-state index in [1.165, 1.54) is 23.6 Å². The fourth-order valence-electron chi connectivity index (χ4n) is 3.33. The van der Waals surface area contributed by atoms with Crippen LogP contribution < -0.4 is 5.32 Å². The summed E-state index contributed by atoms with van der Waals surface area (Å²) in [7, 11) is 2.13. The average molecular weight is 330 g/mol. The first kappa shape index (κ1) is 16.6. The largest absolute Gasteiger partial charge is 0.352 e. The molecule has 5 nitrogen and oxygen atoms in total. The Morgan fingerprint density at radius 2 is 2.29 bits per heavy atom. The van der Waals surface area contributed by atoms with Crippen molar-refractivity contribution in [3.8, 4) is 5.69 Å². The number of piperidine rings is 1. The van der Waals surface area contributed by atoms with Gasteiger partial charge in [-0.25, -0.2) is 9.07 Å². The molecule has 24 heavy (non-hydrogen) atoms. The Labute approximate surface area is 141 Å². The molecule has 0 radical (unpaired) electrons. The standard InChI is InChI=1S/C18H23FN4O/c1-22-11-3-5-14(13-22)8-10-20-18(24)17-15(19)6-2-7-16(17)23-12-4-9-21-23/h2,4,6-7,9,12,14H,3,5,8,10-11,13H2,1H3,(H,20,24). The summed E-state index contributed by atoms with van der Waals surface area (Å²) < 4.78 is 15.7. The number of amides is 1. The molecule has 1 N–H and O–H groups in total. The number of halogens is 1. The van der Waals surface area contributed by atoms with Crippen molar-refractivity contribution in [3.05, 3.63) is 48.0 Å². The lowest BCUT2D eigenvalue weighted by molar-refractivity contribution is 0.0944. The van der Waals surface area contributed by atoms with E-state index < -0.39 is 5.82 Å². The van der Waals surface area contributed by atoms with E-state index in [0.717, 1.165) is 19.5 Å². The lowest BCUT2D eigenvalue weighted by atomic mass is 9.95. The number of benzene rings is 1. The zero-order valence-electron chi connectivity index (χ0n) is 13.9. The second-order valence-corrected chi connectivity index (χ2v) is 6.40. The molecule has 0 spiro atoms. The van der Waals surface area contributed by atoms with Gasteiger partial charge in [-0.1, -0.05) is 6.07 Å². The number of aromatic nitrogens is 2. The van der Waals surface area contributed by atoms with E-state index in [1.54, 1.807) is 30.6 Å². The summed E-state index contributed by atoms with van der Waals surface area (Å²) in [6, 6.07) is 6.33. The molecule has 1 unspecified atom stereocenters. The van der Waals surface area contributed by atoms with Gasteiger partial charge in [-0.05, 0) is 57.0 Å². The SMILES string of the molecule is CN1CCCC(CCNC(=O)c2c(F)cccc2-n2cccn2)C1. The number of likely N-dealkylation sites (tertiary alicyclic amines) is 1. The maximum atomic E-state index is 14.2. The molecule has 2 aromatic rings. The highest BCUT2D eigenvalue weighted by molar-refractivity contribution is 5.98. The first-order chi connectivity index (χ1) is 11.6. The van der Waals surface area contributed by atoms with Gasteiger partial charge in [-0.3, -0.25) is 4.79 Å². The molecule has 6 heteroatoms. The monoisotopic (exact) mass is 330 g/mol. The highest BCUT2D eigenvalue weighted by Gasteiger charge is 2.20. The third-order valence-electron chi connectivity index (χ3n) is 4.53. The molecule has 128 valence electrons. The normalized spacial score (nSPS) is 18.5. The van der Waals surface area contributed by atoms with Gasteiger partial charge >= 0.3 is 0 Å². The van der Waals surface area contributed by atoms with Crippen molar-refractivity contribution in [1.82, 2.24) is 20.0 Å². The van der Waals surface area contributed by atoms with Gasteiger partial charge in [0, 0.05) is 25.5 Å². The molecule has 3 rings (SSSR count). The first-order valence-corrected chi connectivity index (χ1v) is 8.40. The molecule has 1 saturated heterocycles. The van der Waals surface area contributed by atoms with E-state index in [1.807, 2.05) is 0 Å². The topological polar surface area (TPSA) is 50.2 Å². The van der Waals surface area contributed by atoms with Gasteiger partial charge in [0.05, 0.1) is 5.69 Å². The van der Waals surface area contributed by atoms with Gasteiger partial charge in [0.2, 0.25) is 0 Å². The van der Waals surface area contributed by atoms with E-state index in [4.69, 9.17) is 0 Å². The fraction of sp³-hybridized carbons (Fsp3) is 0.444. The second-order valence-electron chi connectivity index (χ2n) is 6.40. The molecule has 2 heterocycles. The average Bonchev–Trinajstić information content (AvgIpc) is 3.09. The van der Waals surface area contributed by atoms with Crippen molar-refractivity contribution in [2.75, 3.05) is 26.7 Å². The highest BCUT2D eigenvalue weighted by atomic mass is 19.1. The summed E-state index contributed by atoms with van der Waals surface area (Å²) in [5.41, 5.74) is 0.497. The predicted octanol–water partition coefficient (Wildman–Crippen LogP) is 2.47. The number of hydrogen-bond acceptors (Lipinski definition) is 3. The van der Waals surface area contributed by atoms with Crippen LogP contribution in [0.2, 0.25) is 0 Å². The zero-order chi connectivity index (χ0) is 16.9. The molecular weight excluding hydrogens is 307 g/mol. The van der Waals surface area contributed by atoms with Crippen LogP contribution in [0.3, 0.4) is 0 Å². The minimum absolute atomic E-state index is 0.0435. The van der Waals surface area contributed by atoms with Crippen molar-refractivity contribution >= 4 is 5.91 Å². The molecule has 1 aliphatic rings. The molecule has 1 fully saturated rings. The van der Waals surface area contributed by atoms with Gasteiger partial charge in [0.25, 0.3) is 5.91 Å². The Bertz CT molecular complexity index is 686. The number of rotatable bonds is 5. The molecule has 1 atom stereocenters. The van der Waals surface area contributed by atoms with Crippen molar-refractivity contribution in [2.24, 2.45) is 5.92 Å². The molecular formula is C18H23FN4O. The van der Waals surface area contributed by atoms with E-state index in [-0.39, 0.29) is 11.5 Å². The molecule has 1 aromatic heterocycles. The molecule has 0 aliphatic carbocycles. The van der Waals surface area contributed by atoms with E-state index >= 15 is 0 Å². The van der Waals surface area contributed by atoms with Gasteiger partial charge in [-0.15, -0.1) is 0 Å². The van der Waals surface area contributed by atoms with Gasteiger partial charge in [0.1, 0.15) is 11.4 Å². The Balaban J connectivity index is 1.65. The third kappa shape index (κ3) is 3.82. The summed E-state index contributed by atoms with van der Waals surface area (Å²) >= 11 is 0. The summed E-state index contributed by atoms with van der Waals surface area (Å²) in [4.78, 5) is 14.8. The van der Waals surface area contributed by atoms with Crippen molar-refractivity contribution < 1.29 is 9.18 Å². The van der Waals surface area contributed by atoms with Crippen LogP contribution in [0, 0.1) is 11.7 Å². The quantitative estimate of drug-likeness (QED) is 0.916. The maximum absolute atomic E-state index is 14.2. The number of carbonyl (C=O) groups excluding carboxylic acids is 1. The van der Waals surface area contributed by atoms with Gasteiger partial charge in [0.15, 0.2) is 0 Å². The Morgan fingerprint density at radius 1 is 1.42 bits per heavy atom. The molecule has 1 amide bonds. The number of hydrogen-bond donors (Lipinski definition) is 1. The lowest BCUT2D eigenvalue weighted by Gasteiger charge is -2.29. The molecule has 1 aliphatic heterocycles. The third-order valence-corrected chi connectivity index (χ3v) is 4.53. The van der Waals surface area contributed by atoms with Crippen molar-refractivity contribution in [3.63, 3.8) is 0 Å². The Morgan fingerprint density at radius 3 is 3.04 bits per heavy atom. The van der Waals surface area contributed by atoms with Gasteiger partial charge in [-0.2, -0.15) is 5.10 Å². The second kappa shape index (κ2) is 7.57. The highest BCUT2D eigenvalue weighted by Crippen LogP contribution is 2.19. The van der Waals surface area contributed by atoms with Crippen LogP contribution in [0.5, 0.6) is 0 Å². The van der Waals surface area contributed by atoms with Crippen LogP contribution in [-0.2, 0) is 0 Å². The summed E-state index contributed by atoms with van der Waals surface area (Å²) in [5, 5.41) is 6.96. The molecule has 1 aromatic carbocycles. The van der Waals surface area contributed by atoms with E-state index in [0.29, 0.717) is 18.2 Å². The first-order valence-electron chi connectivity index (χ1n) is 8.40.